The van der Waals surface area contributed by atoms with Crippen LogP contribution in [0.1, 0.15) is 18.5 Å². The summed E-state index contributed by atoms with van der Waals surface area (Å²) in [6, 6.07) is 1.25. The molecule has 0 radical (unpaired) electrons. The van der Waals surface area contributed by atoms with Crippen LogP contribution >= 0.6 is 0 Å². The van der Waals surface area contributed by atoms with Crippen LogP contribution < -0.4 is 11.1 Å². The summed E-state index contributed by atoms with van der Waals surface area (Å²) >= 11 is 0. The molecule has 94 valence electrons. The van der Waals surface area contributed by atoms with Crippen molar-refractivity contribution in [3.63, 3.8) is 0 Å². The molecule has 0 saturated carbocycles. The van der Waals surface area contributed by atoms with Gasteiger partial charge in [0.15, 0.2) is 0 Å². The van der Waals surface area contributed by atoms with E-state index in [4.69, 9.17) is 10.5 Å². The highest BCUT2D eigenvalue weighted by Crippen LogP contribution is 1.96. The number of carbonyl (C=O) groups is 1. The fraction of sp³-hybridized carbons (Fsp3) is 0.545. The second-order valence-electron chi connectivity index (χ2n) is 3.66. The zero-order valence-electron chi connectivity index (χ0n) is 9.93. The van der Waals surface area contributed by atoms with Crippen molar-refractivity contribution in [2.45, 2.75) is 25.4 Å². The summed E-state index contributed by atoms with van der Waals surface area (Å²) in [6.07, 6.45) is 4.47. The van der Waals surface area contributed by atoms with Gasteiger partial charge in [0, 0.05) is 19.9 Å². The quantitative estimate of drug-likeness (QED) is 0.644. The molecule has 0 saturated heterocycles. The van der Waals surface area contributed by atoms with Crippen LogP contribution in [0.5, 0.6) is 0 Å². The molecule has 0 aliphatic rings. The number of methoxy groups -OCH3 is 1. The normalized spacial score (nSPS) is 12.1. The van der Waals surface area contributed by atoms with Crippen LogP contribution in [0, 0.1) is 0 Å². The SMILES string of the molecule is COCCCC(N)C(=O)NCc1ccncn1. The second-order valence-corrected chi connectivity index (χ2v) is 3.66. The number of nitrogens with two attached hydrogens (primary N) is 1. The molecule has 1 aromatic rings. The summed E-state index contributed by atoms with van der Waals surface area (Å²) in [5.41, 5.74) is 6.48. The molecule has 1 unspecified atom stereocenters. The highest BCUT2D eigenvalue weighted by atomic mass is 16.5. The van der Waals surface area contributed by atoms with Gasteiger partial charge in [-0.2, -0.15) is 0 Å². The average Bonchev–Trinajstić information content (AvgIpc) is 2.37. The van der Waals surface area contributed by atoms with Gasteiger partial charge < -0.3 is 15.8 Å². The van der Waals surface area contributed by atoms with Gasteiger partial charge in [0.2, 0.25) is 5.91 Å². The van der Waals surface area contributed by atoms with E-state index >= 15 is 0 Å². The van der Waals surface area contributed by atoms with Crippen LogP contribution in [0.3, 0.4) is 0 Å². The molecule has 0 fully saturated rings. The number of rotatable bonds is 7. The van der Waals surface area contributed by atoms with Crippen LogP contribution in [0.2, 0.25) is 0 Å². The van der Waals surface area contributed by atoms with Gasteiger partial charge in [-0.3, -0.25) is 4.79 Å². The monoisotopic (exact) mass is 238 g/mol. The van der Waals surface area contributed by atoms with Gasteiger partial charge in [-0.15, -0.1) is 0 Å². The number of carbonyl (C=O) groups excluding carboxylic acids is 1. The third-order valence-corrected chi connectivity index (χ3v) is 2.29. The first kappa shape index (κ1) is 13.5. The largest absolute Gasteiger partial charge is 0.385 e. The second kappa shape index (κ2) is 7.70. The Morgan fingerprint density at radius 3 is 3.12 bits per heavy atom. The number of hydrogen-bond donors (Lipinski definition) is 2. The lowest BCUT2D eigenvalue weighted by molar-refractivity contribution is -0.122. The van der Waals surface area contributed by atoms with Crippen molar-refractivity contribution < 1.29 is 9.53 Å². The highest BCUT2D eigenvalue weighted by molar-refractivity contribution is 5.81. The molecule has 1 amide bonds. The molecule has 0 aromatic carbocycles. The minimum absolute atomic E-state index is 0.167. The molecule has 1 atom stereocenters. The fourth-order valence-electron chi connectivity index (χ4n) is 1.31. The highest BCUT2D eigenvalue weighted by Gasteiger charge is 2.12. The molecule has 0 aliphatic heterocycles. The first-order valence-electron chi connectivity index (χ1n) is 5.51. The molecule has 0 aliphatic carbocycles. The zero-order valence-corrected chi connectivity index (χ0v) is 9.93. The third-order valence-electron chi connectivity index (χ3n) is 2.29. The van der Waals surface area contributed by atoms with E-state index in [1.54, 1.807) is 19.4 Å². The van der Waals surface area contributed by atoms with Crippen LogP contribution in [-0.2, 0) is 16.1 Å². The topological polar surface area (TPSA) is 90.1 Å². The van der Waals surface area contributed by atoms with Gasteiger partial charge in [0.25, 0.3) is 0 Å². The Morgan fingerprint density at radius 2 is 2.47 bits per heavy atom. The van der Waals surface area contributed by atoms with E-state index in [2.05, 4.69) is 15.3 Å². The number of aromatic nitrogens is 2. The van der Waals surface area contributed by atoms with Crippen molar-refractivity contribution >= 4 is 5.91 Å². The number of ether oxygens (including phenoxy) is 1. The average molecular weight is 238 g/mol. The fourth-order valence-corrected chi connectivity index (χ4v) is 1.31. The van der Waals surface area contributed by atoms with Crippen molar-refractivity contribution in [1.29, 1.82) is 0 Å². The third kappa shape index (κ3) is 5.37. The smallest absolute Gasteiger partial charge is 0.237 e. The number of nitrogens with zero attached hydrogens (tertiary/aromatic N) is 2. The Labute approximate surface area is 101 Å². The van der Waals surface area contributed by atoms with E-state index in [9.17, 15) is 4.79 Å². The summed E-state index contributed by atoms with van der Waals surface area (Å²) in [7, 11) is 1.63. The molecule has 3 N–H and O–H groups in total. The van der Waals surface area contributed by atoms with Gasteiger partial charge in [-0.05, 0) is 18.9 Å². The van der Waals surface area contributed by atoms with Gasteiger partial charge in [0.05, 0.1) is 18.3 Å². The molecule has 1 heterocycles. The van der Waals surface area contributed by atoms with Crippen molar-refractivity contribution in [3.8, 4) is 0 Å². The molecule has 0 bridgehead atoms. The summed E-state index contributed by atoms with van der Waals surface area (Å²) in [5, 5.41) is 2.73. The van der Waals surface area contributed by atoms with Crippen molar-refractivity contribution in [3.05, 3.63) is 24.3 Å². The molecule has 0 spiro atoms. The molecule has 6 heteroatoms. The zero-order chi connectivity index (χ0) is 12.5. The first-order chi connectivity index (χ1) is 8.24. The summed E-state index contributed by atoms with van der Waals surface area (Å²) < 4.78 is 4.90. The lowest BCUT2D eigenvalue weighted by Gasteiger charge is -2.11. The van der Waals surface area contributed by atoms with E-state index in [1.807, 2.05) is 0 Å². The van der Waals surface area contributed by atoms with Gasteiger partial charge in [0.1, 0.15) is 6.33 Å². The Balaban J connectivity index is 2.24. The van der Waals surface area contributed by atoms with E-state index < -0.39 is 6.04 Å². The van der Waals surface area contributed by atoms with Crippen molar-refractivity contribution in [1.82, 2.24) is 15.3 Å². The lowest BCUT2D eigenvalue weighted by Crippen LogP contribution is -2.40. The van der Waals surface area contributed by atoms with Gasteiger partial charge in [-0.25, -0.2) is 9.97 Å². The maximum Gasteiger partial charge on any atom is 0.237 e. The van der Waals surface area contributed by atoms with E-state index in [0.29, 0.717) is 19.6 Å². The number of hydrogen-bond acceptors (Lipinski definition) is 5. The molecular formula is C11H18N4O2. The lowest BCUT2D eigenvalue weighted by atomic mass is 10.1. The minimum Gasteiger partial charge on any atom is -0.385 e. The number of amides is 1. The Kier molecular flexibility index (Phi) is 6.13. The predicted octanol–water partition coefficient (Wildman–Crippen LogP) is -0.153. The van der Waals surface area contributed by atoms with E-state index in [-0.39, 0.29) is 5.91 Å². The van der Waals surface area contributed by atoms with Gasteiger partial charge in [-0.1, -0.05) is 0 Å². The molecular weight excluding hydrogens is 220 g/mol. The standard InChI is InChI=1S/C11H18N4O2/c1-17-6-2-3-10(12)11(16)14-7-9-4-5-13-8-15-9/h4-5,8,10H,2-3,6-7,12H2,1H3,(H,14,16). The maximum atomic E-state index is 11.6. The first-order valence-corrected chi connectivity index (χ1v) is 5.51. The Morgan fingerprint density at radius 1 is 1.65 bits per heavy atom. The Hall–Kier alpha value is -1.53. The van der Waals surface area contributed by atoms with E-state index in [1.165, 1.54) is 6.33 Å². The Bertz CT molecular complexity index is 332. The molecule has 6 nitrogen and oxygen atoms in total. The van der Waals surface area contributed by atoms with Crippen LogP contribution in [0.15, 0.2) is 18.6 Å². The maximum absolute atomic E-state index is 11.6. The molecule has 1 rings (SSSR count). The van der Waals surface area contributed by atoms with Gasteiger partial charge >= 0.3 is 0 Å². The molecule has 17 heavy (non-hydrogen) atoms. The van der Waals surface area contributed by atoms with E-state index in [0.717, 1.165) is 12.1 Å². The molecule has 1 aromatic heterocycles. The minimum atomic E-state index is -0.494. The number of nitrogens with one attached hydrogen (secondary N) is 1. The summed E-state index contributed by atoms with van der Waals surface area (Å²) in [6.45, 7) is 0.992. The summed E-state index contributed by atoms with van der Waals surface area (Å²) in [4.78, 5) is 19.4. The van der Waals surface area contributed by atoms with Crippen molar-refractivity contribution in [2.75, 3.05) is 13.7 Å². The summed E-state index contributed by atoms with van der Waals surface area (Å²) in [5.74, 6) is -0.167. The predicted molar refractivity (Wildman–Crippen MR) is 63.0 cm³/mol. The van der Waals surface area contributed by atoms with Crippen LogP contribution in [-0.4, -0.2) is 35.6 Å². The van der Waals surface area contributed by atoms with Crippen LogP contribution in [0.4, 0.5) is 0 Å². The van der Waals surface area contributed by atoms with Crippen LogP contribution in [0.25, 0.3) is 0 Å². The van der Waals surface area contributed by atoms with Crippen molar-refractivity contribution in [2.24, 2.45) is 5.73 Å².